The molecule has 62 heavy (non-hydrogen) atoms. The molecule has 1 aliphatic carbocycles. The molecule has 5 aromatic carbocycles. The number of nitrogens with one attached hydrogen (secondary N) is 2. The number of hydrogen-bond donors (Lipinski definition) is 2. The molecule has 10 heteroatoms. The highest BCUT2D eigenvalue weighted by atomic mass is 16.6. The summed E-state index contributed by atoms with van der Waals surface area (Å²) >= 11 is 0. The van der Waals surface area contributed by atoms with Gasteiger partial charge < -0.3 is 29.6 Å². The van der Waals surface area contributed by atoms with Crippen molar-refractivity contribution in [1.82, 2.24) is 25.0 Å². The Morgan fingerprint density at radius 2 is 1.35 bits per heavy atom. The number of carbonyl (C=O) groups excluding carboxylic acids is 3. The van der Waals surface area contributed by atoms with E-state index < -0.39 is 17.7 Å². The molecule has 0 atom stereocenters. The zero-order valence-electron chi connectivity index (χ0n) is 35.3. The summed E-state index contributed by atoms with van der Waals surface area (Å²) in [5.74, 6) is -0.398. The van der Waals surface area contributed by atoms with Crippen LogP contribution in [0.25, 0.3) is 27.7 Å². The number of rotatable bonds is 13. The molecule has 2 aliphatic heterocycles. The summed E-state index contributed by atoms with van der Waals surface area (Å²) in [5.41, 5.74) is 8.96. The molecule has 1 aromatic heterocycles. The molecule has 2 N–H and O–H groups in total. The van der Waals surface area contributed by atoms with E-state index in [0.717, 1.165) is 59.6 Å². The lowest BCUT2D eigenvalue weighted by molar-refractivity contribution is -0.129. The summed E-state index contributed by atoms with van der Waals surface area (Å²) in [5, 5.41) is 7.38. The highest BCUT2D eigenvalue weighted by Crippen LogP contribution is 2.44. The Hall–Kier alpha value is -6.39. The summed E-state index contributed by atoms with van der Waals surface area (Å²) in [7, 11) is 0. The van der Waals surface area contributed by atoms with E-state index in [9.17, 15) is 14.4 Å². The van der Waals surface area contributed by atoms with Gasteiger partial charge in [-0.2, -0.15) is 0 Å². The molecular formula is C52H55N5O5. The average molecular weight is 830 g/mol. The number of likely N-dealkylation sites (tertiary alicyclic amines) is 2. The van der Waals surface area contributed by atoms with Crippen LogP contribution in [0, 0.1) is 0 Å². The first-order chi connectivity index (χ1) is 30.4. The lowest BCUT2D eigenvalue weighted by atomic mass is 9.86. The zero-order chi connectivity index (χ0) is 42.3. The molecule has 3 heterocycles. The quantitative estimate of drug-likeness (QED) is 0.113. The van der Waals surface area contributed by atoms with Crippen molar-refractivity contribution in [2.45, 2.75) is 69.6 Å². The summed E-state index contributed by atoms with van der Waals surface area (Å²) < 4.78 is 13.9. The van der Waals surface area contributed by atoms with E-state index in [1.807, 2.05) is 60.7 Å². The Balaban J connectivity index is 0.872. The number of amides is 3. The van der Waals surface area contributed by atoms with Crippen LogP contribution in [0.15, 0.2) is 134 Å². The number of alkyl carbamates (subject to hydrolysis) is 1. The molecule has 318 valence electrons. The predicted octanol–water partition coefficient (Wildman–Crippen LogP) is 9.38. The van der Waals surface area contributed by atoms with Crippen molar-refractivity contribution in [3.8, 4) is 16.8 Å². The van der Waals surface area contributed by atoms with E-state index in [2.05, 4.69) is 93.0 Å². The number of carbonyl (C=O) groups is 3. The van der Waals surface area contributed by atoms with Gasteiger partial charge >= 0.3 is 12.2 Å². The molecule has 2 saturated heterocycles. The number of ether oxygens (including phenoxy) is 2. The van der Waals surface area contributed by atoms with Gasteiger partial charge in [0.1, 0.15) is 18.8 Å². The number of aromatic nitrogens is 1. The molecule has 3 aliphatic rings. The van der Waals surface area contributed by atoms with Crippen LogP contribution in [0.3, 0.4) is 0 Å². The van der Waals surface area contributed by atoms with E-state index in [1.165, 1.54) is 41.3 Å². The molecule has 6 aromatic rings. The third kappa shape index (κ3) is 8.97. The number of fused-ring (bicyclic) bond motifs is 4. The topological polar surface area (TPSA) is 105 Å². The number of benzene rings is 5. The van der Waals surface area contributed by atoms with Crippen LogP contribution >= 0.6 is 0 Å². The first-order valence-corrected chi connectivity index (χ1v) is 22.2. The van der Waals surface area contributed by atoms with Gasteiger partial charge in [-0.15, -0.1) is 0 Å². The summed E-state index contributed by atoms with van der Waals surface area (Å²) in [6.07, 6.45) is 6.87. The van der Waals surface area contributed by atoms with E-state index >= 15 is 0 Å². The molecule has 0 bridgehead atoms. The lowest BCUT2D eigenvalue weighted by Crippen LogP contribution is -2.64. The Morgan fingerprint density at radius 1 is 0.694 bits per heavy atom. The minimum Gasteiger partial charge on any atom is -0.449 e. The van der Waals surface area contributed by atoms with Gasteiger partial charge in [-0.3, -0.25) is 9.69 Å². The molecule has 10 nitrogen and oxygen atoms in total. The lowest BCUT2D eigenvalue weighted by Gasteiger charge is -2.40. The average Bonchev–Trinajstić information content (AvgIpc) is 3.85. The van der Waals surface area contributed by atoms with Crippen molar-refractivity contribution >= 4 is 29.0 Å². The van der Waals surface area contributed by atoms with Gasteiger partial charge in [-0.05, 0) is 109 Å². The van der Waals surface area contributed by atoms with Crippen LogP contribution in [0.1, 0.15) is 72.3 Å². The zero-order valence-corrected chi connectivity index (χ0v) is 35.3. The minimum absolute atomic E-state index is 0.117. The number of hydrogen-bond acceptors (Lipinski definition) is 6. The van der Waals surface area contributed by atoms with Crippen LogP contribution in [0.4, 0.5) is 9.59 Å². The van der Waals surface area contributed by atoms with Gasteiger partial charge in [0.05, 0.1) is 5.52 Å². The molecule has 0 radical (unpaired) electrons. The fraction of sp³-hybridized carbons (Fsp3) is 0.327. The van der Waals surface area contributed by atoms with E-state index in [-0.39, 0.29) is 51.0 Å². The molecule has 0 spiro atoms. The minimum atomic E-state index is -1.27. The maximum atomic E-state index is 14.3. The number of nitrogens with zero attached hydrogens (tertiary/aromatic N) is 3. The van der Waals surface area contributed by atoms with Gasteiger partial charge in [0.25, 0.3) is 0 Å². The van der Waals surface area contributed by atoms with Gasteiger partial charge in [0.15, 0.2) is 0 Å². The maximum Gasteiger partial charge on any atom is 0.410 e. The van der Waals surface area contributed by atoms with Crippen molar-refractivity contribution in [1.29, 1.82) is 0 Å². The van der Waals surface area contributed by atoms with Crippen LogP contribution in [0.2, 0.25) is 0 Å². The second-order valence-electron chi connectivity index (χ2n) is 17.0. The van der Waals surface area contributed by atoms with Crippen LogP contribution in [-0.2, 0) is 33.8 Å². The van der Waals surface area contributed by atoms with Gasteiger partial charge in [-0.1, -0.05) is 116 Å². The van der Waals surface area contributed by atoms with Crippen molar-refractivity contribution in [2.75, 3.05) is 39.3 Å². The highest BCUT2D eigenvalue weighted by molar-refractivity contribution is 5.91. The molecule has 0 unspecified atom stereocenters. The number of aryl methyl sites for hydroxylation is 1. The van der Waals surface area contributed by atoms with E-state index in [0.29, 0.717) is 13.0 Å². The Bertz CT molecular complexity index is 2460. The largest absolute Gasteiger partial charge is 0.449 e. The number of piperidine rings is 2. The maximum absolute atomic E-state index is 14.3. The third-order valence-corrected chi connectivity index (χ3v) is 13.0. The summed E-state index contributed by atoms with van der Waals surface area (Å²) in [6.45, 7) is 4.44. The Labute approximate surface area is 363 Å². The third-order valence-electron chi connectivity index (χ3n) is 13.0. The Kier molecular flexibility index (Phi) is 12.4. The molecular weight excluding hydrogens is 775 g/mol. The highest BCUT2D eigenvalue weighted by Gasteiger charge is 2.44. The van der Waals surface area contributed by atoms with Crippen molar-refractivity contribution in [3.63, 3.8) is 0 Å². The van der Waals surface area contributed by atoms with Gasteiger partial charge in [0, 0.05) is 49.4 Å². The Morgan fingerprint density at radius 3 is 2.06 bits per heavy atom. The molecule has 9 rings (SSSR count). The molecule has 2 fully saturated rings. The monoisotopic (exact) mass is 829 g/mol. The van der Waals surface area contributed by atoms with E-state index in [4.69, 9.17) is 9.47 Å². The summed E-state index contributed by atoms with van der Waals surface area (Å²) in [4.78, 5) is 45.4. The summed E-state index contributed by atoms with van der Waals surface area (Å²) in [6, 6.07) is 43.3. The van der Waals surface area contributed by atoms with Crippen molar-refractivity contribution in [3.05, 3.63) is 161 Å². The van der Waals surface area contributed by atoms with Gasteiger partial charge in [0.2, 0.25) is 5.91 Å². The van der Waals surface area contributed by atoms with E-state index in [1.54, 1.807) is 4.90 Å². The smallest absolute Gasteiger partial charge is 0.410 e. The normalized spacial score (nSPS) is 16.0. The van der Waals surface area contributed by atoms with Crippen molar-refractivity contribution in [2.24, 2.45) is 0 Å². The first kappa shape index (κ1) is 41.0. The molecule has 3 amide bonds. The standard InChI is InChI=1S/C52H55N5O5/c58-49(53-28-14-17-40-35-57(41-18-6-2-7-19-41)48-33-39(24-25-42(40)48)34-55-29-12-3-13-30-55)52(26-31-56(32-27-52)51(60)62-36-38-15-4-1-5-16-38)54-50(59)61-37-47-45-22-10-8-20-43(45)44-21-9-11-23-46(44)47/h1-2,4-11,15-16,18-25,33,35,47H,3,12-14,17,26-32,34,36-37H2,(H,53,58)(H,54,59). The fourth-order valence-electron chi connectivity index (χ4n) is 9.59. The second kappa shape index (κ2) is 18.7. The predicted molar refractivity (Wildman–Crippen MR) is 242 cm³/mol. The van der Waals surface area contributed by atoms with Crippen LogP contribution < -0.4 is 10.6 Å². The fourth-order valence-corrected chi connectivity index (χ4v) is 9.59. The second-order valence-corrected chi connectivity index (χ2v) is 17.0. The van der Waals surface area contributed by atoms with Crippen LogP contribution in [-0.4, -0.2) is 77.3 Å². The first-order valence-electron chi connectivity index (χ1n) is 22.2. The van der Waals surface area contributed by atoms with Gasteiger partial charge in [-0.25, -0.2) is 9.59 Å². The molecule has 0 saturated carbocycles. The van der Waals surface area contributed by atoms with Crippen LogP contribution in [0.5, 0.6) is 0 Å². The SMILES string of the molecule is O=C(NC1(C(=O)NCCCc2cn(-c3ccccc3)c3cc(CN4CCCCC4)ccc23)CCN(C(=O)OCc2ccccc2)CC1)OCC1c2ccccc2-c2ccccc21. The number of para-hydroxylation sites is 1. The van der Waals surface area contributed by atoms with Crippen molar-refractivity contribution < 1.29 is 23.9 Å².